The molecule has 0 unspecified atom stereocenters. The Balaban J connectivity index is -0.0000000417. The van der Waals surface area contributed by atoms with Gasteiger partial charge in [0.25, 0.3) is 0 Å². The fourth-order valence-corrected chi connectivity index (χ4v) is 0.204. The monoisotopic (exact) mass is 195 g/mol. The van der Waals surface area contributed by atoms with Crippen LogP contribution >= 0.6 is 37.2 Å². The third-order valence-corrected chi connectivity index (χ3v) is 0.454. The predicted octanol–water partition coefficient (Wildman–Crippen LogP) is 2.01. The second kappa shape index (κ2) is 15.8. The summed E-state index contributed by atoms with van der Waals surface area (Å²) in [6.45, 7) is 1.80. The van der Waals surface area contributed by atoms with Gasteiger partial charge in [0, 0.05) is 6.42 Å². The van der Waals surface area contributed by atoms with Gasteiger partial charge in [-0.05, 0) is 6.42 Å². The standard InChI is InChI=1S/C4H7O2.3ClH/c1-2-3-4(5)6;;;/h2-3H2,1H3;3*1H. The van der Waals surface area contributed by atoms with Crippen LogP contribution in [0.4, 0.5) is 0 Å². The molecular formula is C4H10Cl3O2. The van der Waals surface area contributed by atoms with E-state index in [1.54, 1.807) is 6.92 Å². The van der Waals surface area contributed by atoms with E-state index in [1.165, 1.54) is 0 Å². The molecule has 1 radical (unpaired) electrons. The maximum Gasteiger partial charge on any atom is 0.355 e. The van der Waals surface area contributed by atoms with Crippen LogP contribution in [-0.4, -0.2) is 5.97 Å². The van der Waals surface area contributed by atoms with E-state index >= 15 is 0 Å². The molecule has 59 valence electrons. The van der Waals surface area contributed by atoms with E-state index in [-0.39, 0.29) is 43.6 Å². The number of hydrogen-bond donors (Lipinski definition) is 0. The molecule has 0 atom stereocenters. The lowest BCUT2D eigenvalue weighted by atomic mass is 10.4. The molecule has 2 nitrogen and oxygen atoms in total. The van der Waals surface area contributed by atoms with Crippen molar-refractivity contribution in [2.75, 3.05) is 0 Å². The van der Waals surface area contributed by atoms with Crippen LogP contribution in [0.1, 0.15) is 19.8 Å². The summed E-state index contributed by atoms with van der Waals surface area (Å²) in [6, 6.07) is 0. The van der Waals surface area contributed by atoms with Crippen LogP contribution in [0.25, 0.3) is 0 Å². The summed E-state index contributed by atoms with van der Waals surface area (Å²) in [5.74, 6) is -0.961. The molecule has 0 N–H and O–H groups in total. The van der Waals surface area contributed by atoms with Crippen molar-refractivity contribution in [1.29, 1.82) is 0 Å². The Morgan fingerprint density at radius 2 is 1.56 bits per heavy atom. The minimum atomic E-state index is -0.961. The summed E-state index contributed by atoms with van der Waals surface area (Å²) in [5, 5.41) is 9.49. The largest absolute Gasteiger partial charge is 0.355 e. The van der Waals surface area contributed by atoms with Crippen LogP contribution in [0.5, 0.6) is 0 Å². The Hall–Kier alpha value is 0.340. The fourth-order valence-electron chi connectivity index (χ4n) is 0.204. The van der Waals surface area contributed by atoms with E-state index in [0.29, 0.717) is 6.42 Å². The lowest BCUT2D eigenvalue weighted by Gasteiger charge is -1.75. The first kappa shape index (κ1) is 22.8. The van der Waals surface area contributed by atoms with Crippen molar-refractivity contribution in [3.63, 3.8) is 0 Å². The minimum Gasteiger partial charge on any atom is -0.247 e. The molecule has 9 heavy (non-hydrogen) atoms. The zero-order valence-electron chi connectivity index (χ0n) is 4.96. The summed E-state index contributed by atoms with van der Waals surface area (Å²) < 4.78 is 0. The van der Waals surface area contributed by atoms with Gasteiger partial charge < -0.3 is 0 Å². The molecule has 0 bridgehead atoms. The van der Waals surface area contributed by atoms with Crippen LogP contribution in [0.15, 0.2) is 0 Å². The molecule has 0 saturated carbocycles. The Kier molecular flexibility index (Phi) is 39.9. The third-order valence-electron chi connectivity index (χ3n) is 0.454. The Labute approximate surface area is 73.2 Å². The third kappa shape index (κ3) is 30.1. The summed E-state index contributed by atoms with van der Waals surface area (Å²) in [4.78, 5) is 9.49. The van der Waals surface area contributed by atoms with Crippen molar-refractivity contribution in [1.82, 2.24) is 0 Å². The molecule has 0 amide bonds. The molecule has 5 heteroatoms. The van der Waals surface area contributed by atoms with Gasteiger partial charge in [0.15, 0.2) is 0 Å². The van der Waals surface area contributed by atoms with E-state index in [0.717, 1.165) is 0 Å². The first-order chi connectivity index (χ1) is 2.77. The highest BCUT2D eigenvalue weighted by Gasteiger charge is 1.91. The second-order valence-corrected chi connectivity index (χ2v) is 1.12. The van der Waals surface area contributed by atoms with Crippen LogP contribution in [0.2, 0.25) is 0 Å². The van der Waals surface area contributed by atoms with Gasteiger partial charge in [-0.2, -0.15) is 0 Å². The Bertz CT molecular complexity index is 57.8. The highest BCUT2D eigenvalue weighted by atomic mass is 35.5. The van der Waals surface area contributed by atoms with Crippen LogP contribution in [0.3, 0.4) is 0 Å². The number of halogens is 3. The Morgan fingerprint density at radius 3 is 1.56 bits per heavy atom. The molecule has 0 aromatic carbocycles. The number of carbonyl (C=O) groups excluding carboxylic acids is 1. The summed E-state index contributed by atoms with van der Waals surface area (Å²) in [5.41, 5.74) is 0. The normalized spacial score (nSPS) is 5.44. The van der Waals surface area contributed by atoms with Gasteiger partial charge in [-0.25, -0.2) is 9.90 Å². The number of carbonyl (C=O) groups is 1. The van der Waals surface area contributed by atoms with Crippen molar-refractivity contribution < 1.29 is 9.90 Å². The van der Waals surface area contributed by atoms with Gasteiger partial charge in [0.05, 0.1) is 0 Å². The quantitative estimate of drug-likeness (QED) is 0.666. The van der Waals surface area contributed by atoms with Crippen molar-refractivity contribution in [2.45, 2.75) is 19.8 Å². The predicted molar refractivity (Wildman–Crippen MR) is 42.3 cm³/mol. The Morgan fingerprint density at radius 1 is 1.22 bits per heavy atom. The van der Waals surface area contributed by atoms with E-state index in [1.807, 2.05) is 0 Å². The SMILES string of the molecule is CCCC([O])=O.Cl.Cl.Cl. The zero-order valence-corrected chi connectivity index (χ0v) is 7.40. The van der Waals surface area contributed by atoms with Gasteiger partial charge in [-0.3, -0.25) is 0 Å². The van der Waals surface area contributed by atoms with Crippen molar-refractivity contribution in [3.8, 4) is 0 Å². The molecule has 0 saturated heterocycles. The lowest BCUT2D eigenvalue weighted by Crippen LogP contribution is -1.87. The molecule has 0 aliphatic carbocycles. The van der Waals surface area contributed by atoms with E-state index in [2.05, 4.69) is 0 Å². The summed E-state index contributed by atoms with van der Waals surface area (Å²) in [7, 11) is 0. The average Bonchev–Trinajstić information content (AvgIpc) is 1.35. The first-order valence-electron chi connectivity index (χ1n) is 1.97. The second-order valence-electron chi connectivity index (χ2n) is 1.12. The van der Waals surface area contributed by atoms with E-state index < -0.39 is 5.97 Å². The van der Waals surface area contributed by atoms with Crippen LogP contribution in [-0.2, 0) is 9.90 Å². The van der Waals surface area contributed by atoms with E-state index in [4.69, 9.17) is 0 Å². The molecule has 0 aliphatic heterocycles. The van der Waals surface area contributed by atoms with Crippen LogP contribution in [0, 0.1) is 0 Å². The molecule has 0 rings (SSSR count). The molecule has 0 spiro atoms. The topological polar surface area (TPSA) is 37.0 Å². The maximum absolute atomic E-state index is 9.49. The molecular weight excluding hydrogens is 186 g/mol. The van der Waals surface area contributed by atoms with Gasteiger partial charge in [0.1, 0.15) is 0 Å². The number of rotatable bonds is 2. The maximum atomic E-state index is 9.49. The smallest absolute Gasteiger partial charge is 0.247 e. The van der Waals surface area contributed by atoms with Crippen molar-refractivity contribution in [2.24, 2.45) is 0 Å². The highest BCUT2D eigenvalue weighted by molar-refractivity contribution is 5.86. The minimum absolute atomic E-state index is 0. The van der Waals surface area contributed by atoms with Gasteiger partial charge >= 0.3 is 5.97 Å². The highest BCUT2D eigenvalue weighted by Crippen LogP contribution is 1.82. The van der Waals surface area contributed by atoms with Gasteiger partial charge in [-0.15, -0.1) is 37.2 Å². The van der Waals surface area contributed by atoms with Crippen molar-refractivity contribution >= 4 is 43.2 Å². The molecule has 0 aromatic rings. The van der Waals surface area contributed by atoms with Gasteiger partial charge in [-0.1, -0.05) is 6.92 Å². The first-order valence-corrected chi connectivity index (χ1v) is 1.97. The molecule has 0 fully saturated rings. The zero-order chi connectivity index (χ0) is 4.99. The van der Waals surface area contributed by atoms with E-state index in [9.17, 15) is 9.90 Å². The summed E-state index contributed by atoms with van der Waals surface area (Å²) >= 11 is 0. The molecule has 0 aromatic heterocycles. The lowest BCUT2D eigenvalue weighted by molar-refractivity contribution is -0.143. The fraction of sp³-hybridized carbons (Fsp3) is 0.750. The molecule has 0 aliphatic rings. The summed E-state index contributed by atoms with van der Waals surface area (Å²) in [6.07, 6.45) is 0.850. The molecule has 0 heterocycles. The van der Waals surface area contributed by atoms with Crippen molar-refractivity contribution in [3.05, 3.63) is 0 Å². The van der Waals surface area contributed by atoms with Crippen LogP contribution < -0.4 is 0 Å². The number of hydrogen-bond acceptors (Lipinski definition) is 1. The average molecular weight is 196 g/mol. The van der Waals surface area contributed by atoms with Gasteiger partial charge in [0.2, 0.25) is 0 Å².